The highest BCUT2D eigenvalue weighted by Crippen LogP contribution is 2.32. The zero-order valence-corrected chi connectivity index (χ0v) is 20.2. The van der Waals surface area contributed by atoms with Crippen molar-refractivity contribution >= 4 is 38.4 Å². The van der Waals surface area contributed by atoms with Crippen LogP contribution in [0.2, 0.25) is 0 Å². The third kappa shape index (κ3) is 3.95. The quantitative estimate of drug-likeness (QED) is 0.571. The molecule has 0 spiro atoms. The minimum Gasteiger partial charge on any atom is -0.358 e. The van der Waals surface area contributed by atoms with Crippen LogP contribution in [0, 0.1) is 0 Å². The summed E-state index contributed by atoms with van der Waals surface area (Å²) in [5.74, 6) is 5.70. The zero-order chi connectivity index (χ0) is 23.1. The number of nitrogens with one attached hydrogen (secondary N) is 1. The number of nitrogens with two attached hydrogens (primary N) is 1. The number of aromatic nitrogens is 4. The van der Waals surface area contributed by atoms with Gasteiger partial charge in [-0.05, 0) is 51.6 Å². The summed E-state index contributed by atoms with van der Waals surface area (Å²) in [4.78, 5) is 16.9. The van der Waals surface area contributed by atoms with Crippen molar-refractivity contribution < 1.29 is 4.21 Å². The second kappa shape index (κ2) is 8.37. The third-order valence-electron chi connectivity index (χ3n) is 6.51. The first-order valence-electron chi connectivity index (χ1n) is 11.1. The number of rotatable bonds is 5. The molecule has 1 aliphatic rings. The Bertz CT molecular complexity index is 1230. The van der Waals surface area contributed by atoms with Crippen LogP contribution in [0.1, 0.15) is 52.1 Å². The molecule has 1 aromatic carbocycles. The average molecular weight is 456 g/mol. The SMILES string of the molecule is C=S(N)(=O)C(C)(C)c1cc(N2CCCCCC2C)nc(-n2c(NC)nc3ccccc32)n1. The summed E-state index contributed by atoms with van der Waals surface area (Å²) in [5, 5.41) is 9.21. The van der Waals surface area contributed by atoms with E-state index in [1.807, 2.05) is 55.8 Å². The van der Waals surface area contributed by atoms with Crippen LogP contribution in [-0.4, -0.2) is 49.2 Å². The summed E-state index contributed by atoms with van der Waals surface area (Å²) in [6.45, 7) is 6.81. The molecule has 172 valence electrons. The molecule has 2 unspecified atom stereocenters. The van der Waals surface area contributed by atoms with Crippen molar-refractivity contribution in [1.82, 2.24) is 19.5 Å². The van der Waals surface area contributed by atoms with Gasteiger partial charge in [0.25, 0.3) is 0 Å². The second-order valence-electron chi connectivity index (χ2n) is 9.05. The van der Waals surface area contributed by atoms with Gasteiger partial charge in [0.05, 0.1) is 21.5 Å². The van der Waals surface area contributed by atoms with E-state index in [2.05, 4.69) is 28.0 Å². The van der Waals surface area contributed by atoms with Gasteiger partial charge in [0.15, 0.2) is 0 Å². The average Bonchev–Trinajstić information content (AvgIpc) is 3.00. The van der Waals surface area contributed by atoms with Crippen molar-refractivity contribution in [2.75, 3.05) is 23.8 Å². The molecular formula is C23H33N7OS. The van der Waals surface area contributed by atoms with E-state index in [0.29, 0.717) is 23.6 Å². The second-order valence-corrected chi connectivity index (χ2v) is 11.5. The summed E-state index contributed by atoms with van der Waals surface area (Å²) < 4.78 is 13.9. The third-order valence-corrected chi connectivity index (χ3v) is 8.45. The van der Waals surface area contributed by atoms with E-state index in [9.17, 15) is 4.21 Å². The monoisotopic (exact) mass is 455 g/mol. The summed E-state index contributed by atoms with van der Waals surface area (Å²) in [6.07, 6.45) is 4.64. The minimum atomic E-state index is -2.92. The van der Waals surface area contributed by atoms with Crippen LogP contribution < -0.4 is 15.4 Å². The van der Waals surface area contributed by atoms with E-state index < -0.39 is 14.5 Å². The Kier molecular flexibility index (Phi) is 5.89. The van der Waals surface area contributed by atoms with Crippen molar-refractivity contribution in [2.24, 2.45) is 5.14 Å². The van der Waals surface area contributed by atoms with E-state index >= 15 is 0 Å². The van der Waals surface area contributed by atoms with Crippen LogP contribution in [-0.2, 0) is 14.5 Å². The molecule has 1 saturated heterocycles. The molecular weight excluding hydrogens is 422 g/mol. The van der Waals surface area contributed by atoms with E-state index in [-0.39, 0.29) is 0 Å². The van der Waals surface area contributed by atoms with Gasteiger partial charge in [-0.1, -0.05) is 25.0 Å². The summed E-state index contributed by atoms with van der Waals surface area (Å²) >= 11 is 0. The van der Waals surface area contributed by atoms with Crippen molar-refractivity contribution in [1.29, 1.82) is 0 Å². The van der Waals surface area contributed by atoms with Crippen LogP contribution in [0.4, 0.5) is 11.8 Å². The number of para-hydroxylation sites is 2. The summed E-state index contributed by atoms with van der Waals surface area (Å²) in [7, 11) is -1.09. The van der Waals surface area contributed by atoms with E-state index in [1.54, 1.807) is 0 Å². The Morgan fingerprint density at radius 3 is 2.66 bits per heavy atom. The number of hydrogen-bond acceptors (Lipinski definition) is 6. The molecule has 1 aliphatic heterocycles. The predicted molar refractivity (Wildman–Crippen MR) is 134 cm³/mol. The molecule has 0 saturated carbocycles. The van der Waals surface area contributed by atoms with Gasteiger partial charge in [0.1, 0.15) is 5.82 Å². The fourth-order valence-electron chi connectivity index (χ4n) is 4.17. The molecule has 0 bridgehead atoms. The van der Waals surface area contributed by atoms with Gasteiger partial charge in [-0.25, -0.2) is 14.5 Å². The molecule has 0 amide bonds. The van der Waals surface area contributed by atoms with Crippen LogP contribution in [0.15, 0.2) is 30.3 Å². The number of hydrogen-bond donors (Lipinski definition) is 2. The first-order valence-corrected chi connectivity index (χ1v) is 12.9. The minimum absolute atomic E-state index is 0.349. The normalized spacial score (nSPS) is 19.5. The molecule has 2 atom stereocenters. The molecule has 9 heteroatoms. The lowest BCUT2D eigenvalue weighted by Crippen LogP contribution is -2.38. The van der Waals surface area contributed by atoms with Gasteiger partial charge in [0.2, 0.25) is 11.9 Å². The lowest BCUT2D eigenvalue weighted by atomic mass is 10.1. The highest BCUT2D eigenvalue weighted by molar-refractivity contribution is 7.99. The molecule has 3 N–H and O–H groups in total. The summed E-state index contributed by atoms with van der Waals surface area (Å²) in [6, 6.07) is 10.2. The van der Waals surface area contributed by atoms with Crippen molar-refractivity contribution in [2.45, 2.75) is 57.2 Å². The molecule has 2 aromatic heterocycles. The Labute approximate surface area is 190 Å². The van der Waals surface area contributed by atoms with E-state index in [4.69, 9.17) is 15.1 Å². The topological polar surface area (TPSA) is 102 Å². The molecule has 32 heavy (non-hydrogen) atoms. The maximum Gasteiger partial charge on any atom is 0.239 e. The maximum absolute atomic E-state index is 12.9. The molecule has 8 nitrogen and oxygen atoms in total. The van der Waals surface area contributed by atoms with Gasteiger partial charge >= 0.3 is 0 Å². The number of benzene rings is 1. The van der Waals surface area contributed by atoms with Crippen LogP contribution in [0.25, 0.3) is 17.0 Å². The number of fused-ring (bicyclic) bond motifs is 1. The molecule has 4 rings (SSSR count). The highest BCUT2D eigenvalue weighted by atomic mass is 32.2. The molecule has 1 fully saturated rings. The Morgan fingerprint density at radius 1 is 1.19 bits per heavy atom. The summed E-state index contributed by atoms with van der Waals surface area (Å²) in [5.41, 5.74) is 2.34. The van der Waals surface area contributed by atoms with Gasteiger partial charge in [-0.3, -0.25) is 9.35 Å². The van der Waals surface area contributed by atoms with Crippen LogP contribution in [0.3, 0.4) is 0 Å². The highest BCUT2D eigenvalue weighted by Gasteiger charge is 2.33. The van der Waals surface area contributed by atoms with Gasteiger partial charge < -0.3 is 10.2 Å². The van der Waals surface area contributed by atoms with Crippen molar-refractivity contribution in [3.63, 3.8) is 0 Å². The zero-order valence-electron chi connectivity index (χ0n) is 19.3. The first kappa shape index (κ1) is 22.5. The lowest BCUT2D eigenvalue weighted by molar-refractivity contribution is 0.605. The van der Waals surface area contributed by atoms with Crippen LogP contribution >= 0.6 is 0 Å². The van der Waals surface area contributed by atoms with Gasteiger partial charge in [-0.15, -0.1) is 0 Å². The van der Waals surface area contributed by atoms with Crippen LogP contribution in [0.5, 0.6) is 0 Å². The fourth-order valence-corrected chi connectivity index (χ4v) is 4.62. The Hall–Kier alpha value is -2.65. The Balaban J connectivity index is 1.98. The number of anilines is 2. The van der Waals surface area contributed by atoms with Crippen molar-refractivity contribution in [3.05, 3.63) is 36.0 Å². The fraction of sp³-hybridized carbons (Fsp3) is 0.478. The predicted octanol–water partition coefficient (Wildman–Crippen LogP) is 3.45. The van der Waals surface area contributed by atoms with Gasteiger partial charge in [0, 0.05) is 35.4 Å². The maximum atomic E-state index is 12.9. The van der Waals surface area contributed by atoms with Crippen molar-refractivity contribution in [3.8, 4) is 5.95 Å². The van der Waals surface area contributed by atoms with Gasteiger partial charge in [-0.2, -0.15) is 4.98 Å². The molecule has 3 heterocycles. The smallest absolute Gasteiger partial charge is 0.239 e. The largest absolute Gasteiger partial charge is 0.358 e. The Morgan fingerprint density at radius 2 is 1.94 bits per heavy atom. The standard InChI is InChI=1S/C23H33N7OS/c1-16-11-7-6-10-14-29(16)20-15-19(23(2,3)32(5,24)31)27-22(28-20)30-18-13-9-8-12-17(18)26-21(30)25-4/h8-9,12-13,15-16H,5-7,10-11,14H2,1-4H3,(H2,24,31)(H,25,26). The molecule has 0 radical (unpaired) electrons. The van der Waals surface area contributed by atoms with E-state index in [0.717, 1.165) is 36.2 Å². The molecule has 3 aromatic rings. The lowest BCUT2D eigenvalue weighted by Gasteiger charge is -2.31. The first-order chi connectivity index (χ1) is 15.1. The number of nitrogens with zero attached hydrogens (tertiary/aromatic N) is 5. The molecule has 0 aliphatic carbocycles. The van der Waals surface area contributed by atoms with E-state index in [1.165, 1.54) is 12.8 Å². The number of imidazole rings is 1.